The van der Waals surface area contributed by atoms with Crippen molar-refractivity contribution < 1.29 is 13.0 Å². The van der Waals surface area contributed by atoms with Gasteiger partial charge in [-0.25, -0.2) is 0 Å². The van der Waals surface area contributed by atoms with Crippen LogP contribution in [0.1, 0.15) is 11.1 Å². The number of hydrogen-bond acceptors (Lipinski definition) is 2. The summed E-state index contributed by atoms with van der Waals surface area (Å²) in [7, 11) is -4.13. The van der Waals surface area contributed by atoms with Gasteiger partial charge < -0.3 is 0 Å². The predicted molar refractivity (Wildman–Crippen MR) is 61.5 cm³/mol. The normalized spacial score (nSPS) is 11.6. The molecule has 1 rings (SSSR count). The lowest BCUT2D eigenvalue weighted by molar-refractivity contribution is 0.482. The molecule has 0 aromatic heterocycles. The largest absolute Gasteiger partial charge is 0.294 e. The molecule has 1 aromatic carbocycles. The molecular weight excluding hydrogens is 336 g/mol. The molecular formula is C8H8Br2O3S. The van der Waals surface area contributed by atoms with Gasteiger partial charge in [-0.05, 0) is 17.2 Å². The van der Waals surface area contributed by atoms with Crippen molar-refractivity contribution in [3.63, 3.8) is 0 Å². The van der Waals surface area contributed by atoms with Crippen molar-refractivity contribution in [1.82, 2.24) is 0 Å². The fourth-order valence-corrected chi connectivity index (χ4v) is 2.83. The van der Waals surface area contributed by atoms with Crippen LogP contribution in [-0.2, 0) is 20.8 Å². The van der Waals surface area contributed by atoms with Crippen molar-refractivity contribution in [2.24, 2.45) is 0 Å². The minimum atomic E-state index is -4.13. The van der Waals surface area contributed by atoms with E-state index in [2.05, 4.69) is 31.9 Å². The Morgan fingerprint density at radius 3 is 2.29 bits per heavy atom. The van der Waals surface area contributed by atoms with E-state index in [1.165, 1.54) is 6.07 Å². The molecule has 0 aliphatic rings. The van der Waals surface area contributed by atoms with Gasteiger partial charge in [0.15, 0.2) is 0 Å². The molecule has 0 saturated carbocycles. The number of benzene rings is 1. The van der Waals surface area contributed by atoms with Gasteiger partial charge in [-0.3, -0.25) is 4.55 Å². The zero-order valence-electron chi connectivity index (χ0n) is 7.07. The quantitative estimate of drug-likeness (QED) is 0.678. The second-order valence-corrected chi connectivity index (χ2v) is 5.20. The van der Waals surface area contributed by atoms with E-state index in [0.717, 1.165) is 5.56 Å². The summed E-state index contributed by atoms with van der Waals surface area (Å²) in [6.45, 7) is 0. The van der Waals surface area contributed by atoms with E-state index < -0.39 is 10.1 Å². The van der Waals surface area contributed by atoms with Crippen molar-refractivity contribution >= 4 is 42.0 Å². The molecule has 0 amide bonds. The van der Waals surface area contributed by atoms with Gasteiger partial charge in [0.1, 0.15) is 0 Å². The molecule has 0 aliphatic carbocycles. The maximum Gasteiger partial charge on any atom is 0.294 e. The third kappa shape index (κ3) is 2.79. The molecule has 3 nitrogen and oxygen atoms in total. The second-order valence-electron chi connectivity index (χ2n) is 2.68. The number of hydrogen-bond donors (Lipinski definition) is 1. The van der Waals surface area contributed by atoms with Crippen molar-refractivity contribution in [2.45, 2.75) is 15.6 Å². The Bertz CT molecular complexity index is 428. The Morgan fingerprint density at radius 1 is 1.21 bits per heavy atom. The summed E-state index contributed by atoms with van der Waals surface area (Å²) in [6, 6.07) is 4.94. The third-order valence-electron chi connectivity index (χ3n) is 1.71. The highest BCUT2D eigenvalue weighted by molar-refractivity contribution is 9.08. The van der Waals surface area contributed by atoms with E-state index in [1.54, 1.807) is 12.1 Å². The van der Waals surface area contributed by atoms with Gasteiger partial charge in [0.25, 0.3) is 10.1 Å². The minimum Gasteiger partial charge on any atom is -0.282 e. The van der Waals surface area contributed by atoms with E-state index >= 15 is 0 Å². The molecule has 0 spiro atoms. The number of rotatable bonds is 3. The molecule has 78 valence electrons. The smallest absolute Gasteiger partial charge is 0.282 e. The summed E-state index contributed by atoms with van der Waals surface area (Å²) in [5.74, 6) is 0. The molecule has 1 N–H and O–H groups in total. The van der Waals surface area contributed by atoms with Gasteiger partial charge in [-0.2, -0.15) is 8.42 Å². The molecule has 0 fully saturated rings. The summed E-state index contributed by atoms with van der Waals surface area (Å²) >= 11 is 6.38. The lowest BCUT2D eigenvalue weighted by Gasteiger charge is -2.05. The van der Waals surface area contributed by atoms with E-state index in [1.807, 2.05) is 0 Å². The van der Waals surface area contributed by atoms with Crippen molar-refractivity contribution in [2.75, 3.05) is 0 Å². The molecule has 0 radical (unpaired) electrons. The molecule has 6 heteroatoms. The Labute approximate surface area is 99.5 Å². The first-order valence-corrected chi connectivity index (χ1v) is 7.38. The fourth-order valence-electron chi connectivity index (χ4n) is 1.03. The molecule has 0 heterocycles. The lowest BCUT2D eigenvalue weighted by atomic mass is 10.2. The standard InChI is InChI=1S/C8H8Br2O3S/c9-4-6-1-2-7(5-10)8(3-6)14(11,12)13/h1-3H,4-5H2,(H,11,12,13). The molecule has 0 aliphatic heterocycles. The molecule has 1 aromatic rings. The number of halogens is 2. The highest BCUT2D eigenvalue weighted by Crippen LogP contribution is 2.21. The Balaban J connectivity index is 3.37. The summed E-state index contributed by atoms with van der Waals surface area (Å²) in [5, 5.41) is 0.947. The average molecular weight is 344 g/mol. The molecule has 0 atom stereocenters. The van der Waals surface area contributed by atoms with Gasteiger partial charge in [0.05, 0.1) is 4.90 Å². The average Bonchev–Trinajstić information content (AvgIpc) is 2.15. The van der Waals surface area contributed by atoms with Crippen LogP contribution in [0, 0.1) is 0 Å². The Morgan fingerprint density at radius 2 is 1.86 bits per heavy atom. The van der Waals surface area contributed by atoms with Crippen LogP contribution in [0.3, 0.4) is 0 Å². The zero-order valence-corrected chi connectivity index (χ0v) is 11.1. The Kier molecular flexibility index (Phi) is 4.12. The Hall–Kier alpha value is 0.0900. The molecule has 14 heavy (non-hydrogen) atoms. The van der Waals surface area contributed by atoms with E-state index in [9.17, 15) is 8.42 Å². The first-order chi connectivity index (χ1) is 6.49. The van der Waals surface area contributed by atoms with Crippen molar-refractivity contribution in [3.05, 3.63) is 29.3 Å². The molecule has 0 saturated heterocycles. The highest BCUT2D eigenvalue weighted by atomic mass is 79.9. The van der Waals surface area contributed by atoms with Crippen LogP contribution in [0.2, 0.25) is 0 Å². The lowest BCUT2D eigenvalue weighted by Crippen LogP contribution is -2.02. The fraction of sp³-hybridized carbons (Fsp3) is 0.250. The molecule has 0 unspecified atom stereocenters. The topological polar surface area (TPSA) is 54.4 Å². The van der Waals surface area contributed by atoms with Gasteiger partial charge >= 0.3 is 0 Å². The number of alkyl halides is 2. The maximum atomic E-state index is 11.0. The van der Waals surface area contributed by atoms with Crippen LogP contribution in [-0.4, -0.2) is 13.0 Å². The predicted octanol–water partition coefficient (Wildman–Crippen LogP) is 2.72. The molecule has 0 bridgehead atoms. The van der Waals surface area contributed by atoms with Crippen LogP contribution in [0.25, 0.3) is 0 Å². The monoisotopic (exact) mass is 342 g/mol. The second kappa shape index (κ2) is 4.74. The highest BCUT2D eigenvalue weighted by Gasteiger charge is 2.14. The van der Waals surface area contributed by atoms with Crippen LogP contribution in [0.4, 0.5) is 0 Å². The SMILES string of the molecule is O=S(=O)(O)c1cc(CBr)ccc1CBr. The van der Waals surface area contributed by atoms with Gasteiger partial charge in [0, 0.05) is 10.7 Å². The first kappa shape index (κ1) is 12.2. The first-order valence-electron chi connectivity index (χ1n) is 3.70. The van der Waals surface area contributed by atoms with Crippen LogP contribution >= 0.6 is 31.9 Å². The maximum absolute atomic E-state index is 11.0. The summed E-state index contributed by atoms with van der Waals surface area (Å²) in [6.07, 6.45) is 0. The van der Waals surface area contributed by atoms with Crippen LogP contribution in [0.15, 0.2) is 23.1 Å². The van der Waals surface area contributed by atoms with Crippen LogP contribution < -0.4 is 0 Å². The van der Waals surface area contributed by atoms with Crippen LogP contribution in [0.5, 0.6) is 0 Å². The minimum absolute atomic E-state index is 0.0358. The van der Waals surface area contributed by atoms with E-state index in [4.69, 9.17) is 4.55 Å². The van der Waals surface area contributed by atoms with Crippen molar-refractivity contribution in [3.8, 4) is 0 Å². The van der Waals surface area contributed by atoms with Crippen molar-refractivity contribution in [1.29, 1.82) is 0 Å². The summed E-state index contributed by atoms with van der Waals surface area (Å²) in [4.78, 5) is -0.0358. The van der Waals surface area contributed by atoms with E-state index in [-0.39, 0.29) is 4.90 Å². The summed E-state index contributed by atoms with van der Waals surface area (Å²) < 4.78 is 31.0. The summed E-state index contributed by atoms with van der Waals surface area (Å²) in [5.41, 5.74) is 1.36. The van der Waals surface area contributed by atoms with Gasteiger partial charge in [0.2, 0.25) is 0 Å². The van der Waals surface area contributed by atoms with Gasteiger partial charge in [-0.15, -0.1) is 0 Å². The van der Waals surface area contributed by atoms with Gasteiger partial charge in [-0.1, -0.05) is 44.0 Å². The third-order valence-corrected chi connectivity index (χ3v) is 3.90. The zero-order chi connectivity index (χ0) is 10.8. The van der Waals surface area contributed by atoms with E-state index in [0.29, 0.717) is 16.2 Å².